The fraction of sp³-hybridized carbons (Fsp3) is 0.364. The highest BCUT2D eigenvalue weighted by molar-refractivity contribution is 5.68. The second-order valence-corrected chi connectivity index (χ2v) is 6.95. The highest BCUT2D eigenvalue weighted by atomic mass is 14.7. The number of aryl methyl sites for hydroxylation is 1. The van der Waals surface area contributed by atoms with Gasteiger partial charge in [-0.2, -0.15) is 0 Å². The molecular formula is C22H27N. The number of allylic oxidation sites excluding steroid dienone is 5. The second kappa shape index (κ2) is 6.33. The Bertz CT molecular complexity index is 730. The molecule has 0 radical (unpaired) electrons. The Labute approximate surface area is 140 Å². The summed E-state index contributed by atoms with van der Waals surface area (Å²) in [5.74, 6) is 0.410. The van der Waals surface area contributed by atoms with Crippen molar-refractivity contribution in [2.75, 3.05) is 0 Å². The number of hydrogen-bond donors (Lipinski definition) is 1. The van der Waals surface area contributed by atoms with Crippen LogP contribution in [0.15, 0.2) is 59.2 Å². The van der Waals surface area contributed by atoms with Crippen molar-refractivity contribution in [3.8, 4) is 0 Å². The van der Waals surface area contributed by atoms with Gasteiger partial charge in [-0.05, 0) is 48.5 Å². The maximum Gasteiger partial charge on any atom is 0.0295 e. The maximum absolute atomic E-state index is 5.88. The lowest BCUT2D eigenvalue weighted by atomic mass is 9.79. The van der Waals surface area contributed by atoms with E-state index in [4.69, 9.17) is 5.73 Å². The first-order chi connectivity index (χ1) is 11.0. The molecule has 23 heavy (non-hydrogen) atoms. The fourth-order valence-corrected chi connectivity index (χ4v) is 3.41. The largest absolute Gasteiger partial charge is 0.324 e. The molecule has 3 rings (SSSR count). The van der Waals surface area contributed by atoms with Crippen molar-refractivity contribution < 1.29 is 0 Å². The van der Waals surface area contributed by atoms with Crippen molar-refractivity contribution in [3.63, 3.8) is 0 Å². The average molecular weight is 305 g/mol. The van der Waals surface area contributed by atoms with Gasteiger partial charge in [-0.1, -0.05) is 73.6 Å². The number of rotatable bonds is 4. The van der Waals surface area contributed by atoms with Gasteiger partial charge in [0.2, 0.25) is 0 Å². The minimum absolute atomic E-state index is 0.304. The number of hydrogen-bond acceptors (Lipinski definition) is 1. The Morgan fingerprint density at radius 2 is 2.17 bits per heavy atom. The van der Waals surface area contributed by atoms with Crippen LogP contribution in [-0.4, -0.2) is 6.04 Å². The Kier molecular flexibility index (Phi) is 4.41. The van der Waals surface area contributed by atoms with Crippen molar-refractivity contribution in [1.82, 2.24) is 0 Å². The molecule has 1 nitrogen and oxygen atoms in total. The summed E-state index contributed by atoms with van der Waals surface area (Å²) in [5, 5.41) is 0. The van der Waals surface area contributed by atoms with Gasteiger partial charge in [-0.15, -0.1) is 0 Å². The molecule has 2 aliphatic rings. The van der Waals surface area contributed by atoms with Crippen molar-refractivity contribution in [1.29, 1.82) is 0 Å². The second-order valence-electron chi connectivity index (χ2n) is 6.95. The Morgan fingerprint density at radius 1 is 1.43 bits per heavy atom. The summed E-state index contributed by atoms with van der Waals surface area (Å²) in [5.41, 5.74) is 15.4. The van der Waals surface area contributed by atoms with E-state index in [2.05, 4.69) is 63.8 Å². The molecule has 0 aromatic heterocycles. The molecule has 2 unspecified atom stereocenters. The van der Waals surface area contributed by atoms with Crippen LogP contribution in [0.5, 0.6) is 0 Å². The van der Waals surface area contributed by atoms with Crippen LogP contribution in [0.2, 0.25) is 0 Å². The van der Waals surface area contributed by atoms with Crippen LogP contribution in [0.3, 0.4) is 0 Å². The van der Waals surface area contributed by atoms with E-state index in [1.54, 1.807) is 0 Å². The first kappa shape index (κ1) is 16.0. The van der Waals surface area contributed by atoms with Crippen LogP contribution in [0, 0.1) is 12.8 Å². The van der Waals surface area contributed by atoms with Gasteiger partial charge in [0.15, 0.2) is 0 Å². The normalized spacial score (nSPS) is 23.6. The Morgan fingerprint density at radius 3 is 2.83 bits per heavy atom. The third kappa shape index (κ3) is 3.40. The molecule has 0 bridgehead atoms. The molecule has 0 heterocycles. The highest BCUT2D eigenvalue weighted by Gasteiger charge is 2.24. The quantitative estimate of drug-likeness (QED) is 0.821. The van der Waals surface area contributed by atoms with E-state index in [1.807, 2.05) is 0 Å². The van der Waals surface area contributed by atoms with Crippen LogP contribution in [-0.2, 0) is 6.42 Å². The van der Waals surface area contributed by atoms with E-state index in [9.17, 15) is 0 Å². The lowest BCUT2D eigenvalue weighted by molar-refractivity contribution is 0.763. The predicted octanol–water partition coefficient (Wildman–Crippen LogP) is 5.12. The standard InChI is InChI=1S/C22H27N/c1-5-17(8-9-19-13-22(19)23)16(4)21-12-20-10-14(2)6-7-18(20)11-15(21)3/h6-10,12,16,22H,3,5,11,13,23H2,1-2,4H3/b17-8-,19-9+. The molecule has 2 atom stereocenters. The fourth-order valence-electron chi connectivity index (χ4n) is 3.41. The number of fused-ring (bicyclic) bond motifs is 1. The molecule has 0 aliphatic heterocycles. The summed E-state index contributed by atoms with van der Waals surface area (Å²) < 4.78 is 0. The zero-order chi connectivity index (χ0) is 16.6. The molecule has 2 aliphatic carbocycles. The summed E-state index contributed by atoms with van der Waals surface area (Å²) >= 11 is 0. The maximum atomic E-state index is 5.88. The molecule has 1 aromatic rings. The zero-order valence-corrected chi connectivity index (χ0v) is 14.5. The van der Waals surface area contributed by atoms with Gasteiger partial charge in [-0.3, -0.25) is 0 Å². The van der Waals surface area contributed by atoms with Crippen LogP contribution in [0.1, 0.15) is 43.4 Å². The minimum Gasteiger partial charge on any atom is -0.324 e. The molecule has 1 fully saturated rings. The van der Waals surface area contributed by atoms with Gasteiger partial charge >= 0.3 is 0 Å². The van der Waals surface area contributed by atoms with Crippen molar-refractivity contribution in [3.05, 3.63) is 75.9 Å². The SMILES string of the molecule is C=C1Cc2ccc(C)cc2C=C1C(C)/C(=C\C=C1/CC1N)CC. The monoisotopic (exact) mass is 305 g/mol. The molecular weight excluding hydrogens is 278 g/mol. The van der Waals surface area contributed by atoms with Gasteiger partial charge in [0.05, 0.1) is 0 Å². The average Bonchev–Trinajstić information content (AvgIpc) is 3.23. The van der Waals surface area contributed by atoms with Crippen molar-refractivity contribution in [2.24, 2.45) is 11.7 Å². The zero-order valence-electron chi connectivity index (χ0n) is 14.5. The van der Waals surface area contributed by atoms with E-state index in [-0.39, 0.29) is 0 Å². The summed E-state index contributed by atoms with van der Waals surface area (Å²) in [7, 11) is 0. The Balaban J connectivity index is 1.91. The van der Waals surface area contributed by atoms with E-state index in [1.165, 1.54) is 39.0 Å². The molecule has 120 valence electrons. The molecule has 0 spiro atoms. The van der Waals surface area contributed by atoms with Crippen LogP contribution in [0.4, 0.5) is 0 Å². The van der Waals surface area contributed by atoms with Gasteiger partial charge in [0, 0.05) is 12.0 Å². The topological polar surface area (TPSA) is 26.0 Å². The summed E-state index contributed by atoms with van der Waals surface area (Å²) in [6.45, 7) is 11.0. The summed E-state index contributed by atoms with van der Waals surface area (Å²) in [4.78, 5) is 0. The van der Waals surface area contributed by atoms with E-state index in [0.29, 0.717) is 12.0 Å². The van der Waals surface area contributed by atoms with Crippen LogP contribution in [0.25, 0.3) is 6.08 Å². The molecule has 1 aromatic carbocycles. The highest BCUT2D eigenvalue weighted by Crippen LogP contribution is 2.36. The Hall–Kier alpha value is -1.86. The minimum atomic E-state index is 0.304. The predicted molar refractivity (Wildman–Crippen MR) is 100 cm³/mol. The van der Waals surface area contributed by atoms with E-state index < -0.39 is 0 Å². The van der Waals surface area contributed by atoms with E-state index >= 15 is 0 Å². The third-order valence-electron chi connectivity index (χ3n) is 5.14. The first-order valence-electron chi connectivity index (χ1n) is 8.64. The van der Waals surface area contributed by atoms with Crippen molar-refractivity contribution >= 4 is 6.08 Å². The van der Waals surface area contributed by atoms with Gasteiger partial charge < -0.3 is 5.73 Å². The van der Waals surface area contributed by atoms with Gasteiger partial charge in [0.1, 0.15) is 0 Å². The lowest BCUT2D eigenvalue weighted by Gasteiger charge is -2.25. The first-order valence-corrected chi connectivity index (χ1v) is 8.64. The lowest BCUT2D eigenvalue weighted by Crippen LogP contribution is -2.11. The summed E-state index contributed by atoms with van der Waals surface area (Å²) in [6, 6.07) is 7.02. The molecule has 0 amide bonds. The van der Waals surface area contributed by atoms with Gasteiger partial charge in [-0.25, -0.2) is 0 Å². The molecule has 0 saturated heterocycles. The molecule has 1 saturated carbocycles. The summed E-state index contributed by atoms with van der Waals surface area (Å²) in [6.07, 6.45) is 9.94. The molecule has 1 heteroatoms. The van der Waals surface area contributed by atoms with Crippen LogP contribution >= 0.6 is 0 Å². The van der Waals surface area contributed by atoms with E-state index in [0.717, 1.165) is 19.3 Å². The smallest absolute Gasteiger partial charge is 0.0295 e. The van der Waals surface area contributed by atoms with Gasteiger partial charge in [0.25, 0.3) is 0 Å². The number of nitrogens with two attached hydrogens (primary N) is 1. The third-order valence-corrected chi connectivity index (χ3v) is 5.14. The van der Waals surface area contributed by atoms with Crippen LogP contribution < -0.4 is 5.73 Å². The van der Waals surface area contributed by atoms with Crippen molar-refractivity contribution in [2.45, 2.75) is 46.1 Å². The molecule has 2 N–H and O–H groups in total. The number of benzene rings is 1.